The highest BCUT2D eigenvalue weighted by Gasteiger charge is 2.28. The van der Waals surface area contributed by atoms with Crippen molar-refractivity contribution in [1.29, 1.82) is 0 Å². The van der Waals surface area contributed by atoms with Gasteiger partial charge in [0.15, 0.2) is 0 Å². The van der Waals surface area contributed by atoms with Gasteiger partial charge in [0.25, 0.3) is 0 Å². The molecular weight excluding hydrogens is 424 g/mol. The molecule has 1 aromatic rings. The molecule has 2 heterocycles. The van der Waals surface area contributed by atoms with Gasteiger partial charge in [0.1, 0.15) is 12.4 Å². The Kier molecular flexibility index (Phi) is 9.35. The summed E-state index contributed by atoms with van der Waals surface area (Å²) in [6, 6.07) is 7.97. The van der Waals surface area contributed by atoms with Crippen molar-refractivity contribution in [3.63, 3.8) is 0 Å². The largest absolute Gasteiger partial charge is 0.497 e. The molecule has 1 N–H and O–H groups in total. The van der Waals surface area contributed by atoms with E-state index in [0.29, 0.717) is 45.6 Å². The van der Waals surface area contributed by atoms with E-state index < -0.39 is 0 Å². The number of rotatable bonds is 5. The number of nitrogens with zero attached hydrogens (tertiary/aromatic N) is 3. The molecule has 2 saturated heterocycles. The van der Waals surface area contributed by atoms with Gasteiger partial charge in [-0.1, -0.05) is 6.07 Å². The zero-order chi connectivity index (χ0) is 23.6. The van der Waals surface area contributed by atoms with Gasteiger partial charge in [-0.15, -0.1) is 0 Å². The lowest BCUT2D eigenvalue weighted by molar-refractivity contribution is -0.136. The summed E-state index contributed by atoms with van der Waals surface area (Å²) < 4.78 is 10.3. The van der Waals surface area contributed by atoms with E-state index in [9.17, 15) is 14.4 Å². The Morgan fingerprint density at radius 3 is 2.55 bits per heavy atom. The predicted octanol–water partition coefficient (Wildman–Crippen LogP) is 1.13. The molecule has 9 nitrogen and oxygen atoms in total. The summed E-state index contributed by atoms with van der Waals surface area (Å²) in [5.74, 6) is 0.588. The van der Waals surface area contributed by atoms with Crippen LogP contribution in [0.3, 0.4) is 0 Å². The van der Waals surface area contributed by atoms with Crippen LogP contribution < -0.4 is 15.0 Å². The number of nitrogens with one attached hydrogen (secondary N) is 1. The zero-order valence-electron chi connectivity index (χ0n) is 19.8. The molecular formula is C24H36N4O5. The zero-order valence-corrected chi connectivity index (χ0v) is 19.8. The number of hydrogen-bond acceptors (Lipinski definition) is 6. The first kappa shape index (κ1) is 24.8. The molecule has 0 aliphatic carbocycles. The molecule has 1 aromatic carbocycles. The van der Waals surface area contributed by atoms with Gasteiger partial charge in [0.2, 0.25) is 17.7 Å². The molecule has 0 bridgehead atoms. The van der Waals surface area contributed by atoms with Crippen molar-refractivity contribution >= 4 is 23.4 Å². The topological polar surface area (TPSA) is 91.4 Å². The summed E-state index contributed by atoms with van der Waals surface area (Å²) >= 11 is 0. The number of amides is 3. The van der Waals surface area contributed by atoms with Gasteiger partial charge in [0, 0.05) is 77.0 Å². The lowest BCUT2D eigenvalue weighted by Crippen LogP contribution is -2.50. The average molecular weight is 461 g/mol. The lowest BCUT2D eigenvalue weighted by Gasteiger charge is -2.37. The molecule has 3 amide bonds. The van der Waals surface area contributed by atoms with Crippen LogP contribution in [0, 0.1) is 5.92 Å². The number of ether oxygens (including phenoxy) is 2. The minimum absolute atomic E-state index is 0.00153. The van der Waals surface area contributed by atoms with Gasteiger partial charge in [0.05, 0.1) is 7.11 Å². The van der Waals surface area contributed by atoms with Crippen LogP contribution in [0.4, 0.5) is 5.69 Å². The number of anilines is 1. The second-order valence-corrected chi connectivity index (χ2v) is 8.56. The summed E-state index contributed by atoms with van der Waals surface area (Å²) in [6.45, 7) is 4.24. The van der Waals surface area contributed by atoms with Gasteiger partial charge in [-0.05, 0) is 31.4 Å². The van der Waals surface area contributed by atoms with Crippen molar-refractivity contribution < 1.29 is 23.9 Å². The molecule has 0 saturated carbocycles. The number of hydrogen-bond donors (Lipinski definition) is 1. The van der Waals surface area contributed by atoms with E-state index in [-0.39, 0.29) is 36.7 Å². The fraction of sp³-hybridized carbons (Fsp3) is 0.625. The van der Waals surface area contributed by atoms with E-state index in [4.69, 9.17) is 9.47 Å². The molecule has 0 radical (unpaired) electrons. The monoisotopic (exact) mass is 460 g/mol. The summed E-state index contributed by atoms with van der Waals surface area (Å²) in [6.07, 6.45) is 2.30. The normalized spacial score (nSPS) is 20.6. The lowest BCUT2D eigenvalue weighted by atomic mass is 9.97. The minimum Gasteiger partial charge on any atom is -0.497 e. The van der Waals surface area contributed by atoms with Crippen LogP contribution in [-0.4, -0.2) is 94.2 Å². The average Bonchev–Trinajstić information content (AvgIpc) is 2.88. The molecule has 2 aliphatic rings. The number of carbonyl (C=O) groups excluding carboxylic acids is 3. The van der Waals surface area contributed by atoms with Crippen molar-refractivity contribution in [2.24, 2.45) is 5.92 Å². The van der Waals surface area contributed by atoms with E-state index in [1.54, 1.807) is 12.0 Å². The van der Waals surface area contributed by atoms with E-state index in [1.165, 1.54) is 7.11 Å². The summed E-state index contributed by atoms with van der Waals surface area (Å²) in [5, 5.41) is 2.90. The maximum absolute atomic E-state index is 13.3. The number of benzene rings is 1. The second-order valence-electron chi connectivity index (χ2n) is 8.56. The highest BCUT2D eigenvalue weighted by Crippen LogP contribution is 2.23. The molecule has 1 atom stereocenters. The second kappa shape index (κ2) is 12.4. The molecule has 182 valence electrons. The van der Waals surface area contributed by atoms with Gasteiger partial charge in [-0.2, -0.15) is 0 Å². The fourth-order valence-electron chi connectivity index (χ4n) is 4.46. The van der Waals surface area contributed by atoms with Crippen LogP contribution in [0.2, 0.25) is 0 Å². The highest BCUT2D eigenvalue weighted by atomic mass is 16.5. The first-order valence-electron chi connectivity index (χ1n) is 11.7. The van der Waals surface area contributed by atoms with Gasteiger partial charge in [-0.3, -0.25) is 14.4 Å². The third kappa shape index (κ3) is 7.08. The first-order chi connectivity index (χ1) is 16.0. The summed E-state index contributed by atoms with van der Waals surface area (Å²) in [4.78, 5) is 43.6. The van der Waals surface area contributed by atoms with Crippen LogP contribution in [0.5, 0.6) is 5.75 Å². The highest BCUT2D eigenvalue weighted by molar-refractivity contribution is 5.81. The standard InChI is InChI=1S/C24H36N4O5/c1-32-18-23(30)27-11-4-5-19(8-10-25-22(29)9-12-27)24(31)28-15-13-26(14-16-28)20-6-3-7-21(17-20)33-2/h3,6-7,17,19H,4-5,8-16,18H2,1-2H3,(H,25,29). The van der Waals surface area contributed by atoms with Crippen LogP contribution in [0.1, 0.15) is 25.7 Å². The SMILES string of the molecule is COCC(=O)N1CCCC(C(=O)N2CCN(c3cccc(OC)c3)CC2)CCNC(=O)CC1. The Morgan fingerprint density at radius 2 is 1.82 bits per heavy atom. The van der Waals surface area contributed by atoms with Crippen molar-refractivity contribution in [1.82, 2.24) is 15.1 Å². The van der Waals surface area contributed by atoms with E-state index >= 15 is 0 Å². The maximum atomic E-state index is 13.3. The number of piperazine rings is 1. The maximum Gasteiger partial charge on any atom is 0.248 e. The quantitative estimate of drug-likeness (QED) is 0.708. The van der Waals surface area contributed by atoms with Gasteiger partial charge in [-0.25, -0.2) is 0 Å². The van der Waals surface area contributed by atoms with Gasteiger partial charge >= 0.3 is 0 Å². The van der Waals surface area contributed by atoms with Crippen molar-refractivity contribution in [3.8, 4) is 5.75 Å². The number of carbonyl (C=O) groups is 3. The fourth-order valence-corrected chi connectivity index (χ4v) is 4.46. The smallest absolute Gasteiger partial charge is 0.248 e. The molecule has 33 heavy (non-hydrogen) atoms. The van der Waals surface area contributed by atoms with Crippen molar-refractivity contribution in [2.45, 2.75) is 25.7 Å². The molecule has 2 fully saturated rings. The molecule has 3 rings (SSSR count). The summed E-state index contributed by atoms with van der Waals surface area (Å²) in [7, 11) is 3.14. The third-order valence-electron chi connectivity index (χ3n) is 6.38. The number of methoxy groups -OCH3 is 2. The van der Waals surface area contributed by atoms with Crippen LogP contribution in [0.15, 0.2) is 24.3 Å². The van der Waals surface area contributed by atoms with Crippen molar-refractivity contribution in [3.05, 3.63) is 24.3 Å². The Morgan fingerprint density at radius 1 is 1.03 bits per heavy atom. The molecule has 2 aliphatic heterocycles. The minimum atomic E-state index is -0.161. The Bertz CT molecular complexity index is 810. The van der Waals surface area contributed by atoms with Gasteiger partial charge < -0.3 is 29.5 Å². The van der Waals surface area contributed by atoms with E-state index in [0.717, 1.165) is 30.9 Å². The van der Waals surface area contributed by atoms with Crippen molar-refractivity contribution in [2.75, 3.05) is 71.5 Å². The van der Waals surface area contributed by atoms with E-state index in [1.807, 2.05) is 23.1 Å². The Hall–Kier alpha value is -2.81. The van der Waals surface area contributed by atoms with Crippen LogP contribution in [0.25, 0.3) is 0 Å². The van der Waals surface area contributed by atoms with Crippen LogP contribution >= 0.6 is 0 Å². The molecule has 9 heteroatoms. The Labute approximate surface area is 196 Å². The molecule has 0 aromatic heterocycles. The molecule has 1 unspecified atom stereocenters. The summed E-state index contributed by atoms with van der Waals surface area (Å²) in [5.41, 5.74) is 1.10. The Balaban J connectivity index is 1.57. The predicted molar refractivity (Wildman–Crippen MR) is 125 cm³/mol. The molecule has 0 spiro atoms. The van der Waals surface area contributed by atoms with Crippen LogP contribution in [-0.2, 0) is 19.1 Å². The van der Waals surface area contributed by atoms with E-state index in [2.05, 4.69) is 16.3 Å². The third-order valence-corrected chi connectivity index (χ3v) is 6.38. The first-order valence-corrected chi connectivity index (χ1v) is 11.7.